The lowest BCUT2D eigenvalue weighted by atomic mass is 9.98. The van der Waals surface area contributed by atoms with Gasteiger partial charge in [0, 0.05) is 28.8 Å². The minimum atomic E-state index is -0.988. The van der Waals surface area contributed by atoms with E-state index in [-0.39, 0.29) is 11.5 Å². The SMILES string of the molecule is CC1CCCN(c2ccc(NC(=O)c3ccc(Br)cc3)cc2C(=O)O)C1. The molecule has 3 rings (SSSR count). The molecular formula is C20H21BrN2O3. The molecule has 1 aliphatic heterocycles. The van der Waals surface area contributed by atoms with Gasteiger partial charge in [0.05, 0.1) is 11.3 Å². The number of nitrogens with one attached hydrogen (secondary N) is 1. The molecule has 2 aromatic carbocycles. The van der Waals surface area contributed by atoms with E-state index < -0.39 is 5.97 Å². The third kappa shape index (κ3) is 4.25. The average Bonchev–Trinajstić information content (AvgIpc) is 2.62. The molecule has 1 aliphatic rings. The lowest BCUT2D eigenvalue weighted by molar-refractivity contribution is 0.0697. The van der Waals surface area contributed by atoms with E-state index in [1.807, 2.05) is 0 Å². The van der Waals surface area contributed by atoms with E-state index >= 15 is 0 Å². The van der Waals surface area contributed by atoms with Crippen molar-refractivity contribution in [2.75, 3.05) is 23.3 Å². The predicted octanol–water partition coefficient (Wildman–Crippen LogP) is 4.64. The number of anilines is 2. The summed E-state index contributed by atoms with van der Waals surface area (Å²) in [6.45, 7) is 3.89. The van der Waals surface area contributed by atoms with E-state index in [0.29, 0.717) is 22.9 Å². The Hall–Kier alpha value is -2.34. The number of amides is 1. The minimum Gasteiger partial charge on any atom is -0.478 e. The standard InChI is InChI=1S/C20H21BrN2O3/c1-13-3-2-10-23(12-13)18-9-8-16(11-17(18)20(25)26)22-19(24)14-4-6-15(21)7-5-14/h4-9,11,13H,2-3,10,12H2,1H3,(H,22,24)(H,25,26). The topological polar surface area (TPSA) is 69.6 Å². The van der Waals surface area contributed by atoms with Crippen LogP contribution < -0.4 is 10.2 Å². The molecule has 2 aromatic rings. The Morgan fingerprint density at radius 2 is 1.92 bits per heavy atom. The summed E-state index contributed by atoms with van der Waals surface area (Å²) in [7, 11) is 0. The Morgan fingerprint density at radius 3 is 2.58 bits per heavy atom. The van der Waals surface area contributed by atoms with Crippen molar-refractivity contribution in [3.63, 3.8) is 0 Å². The van der Waals surface area contributed by atoms with Crippen LogP contribution in [0.15, 0.2) is 46.9 Å². The summed E-state index contributed by atoms with van der Waals surface area (Å²) in [5, 5.41) is 12.4. The van der Waals surface area contributed by atoms with Crippen LogP contribution in [-0.4, -0.2) is 30.1 Å². The first kappa shape index (κ1) is 18.5. The van der Waals surface area contributed by atoms with E-state index in [9.17, 15) is 14.7 Å². The largest absolute Gasteiger partial charge is 0.478 e. The van der Waals surface area contributed by atoms with Gasteiger partial charge in [0.1, 0.15) is 0 Å². The van der Waals surface area contributed by atoms with Gasteiger partial charge < -0.3 is 15.3 Å². The fourth-order valence-corrected chi connectivity index (χ4v) is 3.54. The highest BCUT2D eigenvalue weighted by atomic mass is 79.9. The molecule has 0 spiro atoms. The average molecular weight is 417 g/mol. The van der Waals surface area contributed by atoms with Crippen LogP contribution in [0.3, 0.4) is 0 Å². The first-order chi connectivity index (χ1) is 12.4. The fraction of sp³-hybridized carbons (Fsp3) is 0.300. The van der Waals surface area contributed by atoms with Crippen LogP contribution in [0.2, 0.25) is 0 Å². The number of hydrogen-bond donors (Lipinski definition) is 2. The van der Waals surface area contributed by atoms with Crippen LogP contribution in [-0.2, 0) is 0 Å². The highest BCUT2D eigenvalue weighted by Crippen LogP contribution is 2.29. The van der Waals surface area contributed by atoms with Gasteiger partial charge in [-0.25, -0.2) is 4.79 Å². The van der Waals surface area contributed by atoms with Crippen molar-refractivity contribution >= 4 is 39.2 Å². The summed E-state index contributed by atoms with van der Waals surface area (Å²) in [5.74, 6) is -0.715. The van der Waals surface area contributed by atoms with Crippen LogP contribution >= 0.6 is 15.9 Å². The Bertz CT molecular complexity index is 820. The van der Waals surface area contributed by atoms with Gasteiger partial charge in [-0.15, -0.1) is 0 Å². The number of carboxylic acid groups (broad SMARTS) is 1. The summed E-state index contributed by atoms with van der Waals surface area (Å²) >= 11 is 3.34. The molecular weight excluding hydrogens is 396 g/mol. The van der Waals surface area contributed by atoms with Gasteiger partial charge in [-0.2, -0.15) is 0 Å². The van der Waals surface area contributed by atoms with Gasteiger partial charge in [0.25, 0.3) is 5.91 Å². The normalized spacial score (nSPS) is 17.0. The van der Waals surface area contributed by atoms with Crippen molar-refractivity contribution in [1.82, 2.24) is 0 Å². The quantitative estimate of drug-likeness (QED) is 0.761. The number of carboxylic acids is 1. The molecule has 1 amide bonds. The second kappa shape index (κ2) is 7.91. The zero-order valence-electron chi connectivity index (χ0n) is 14.5. The third-order valence-corrected chi connectivity index (χ3v) is 5.12. The molecule has 1 unspecified atom stereocenters. The van der Waals surface area contributed by atoms with Crippen molar-refractivity contribution in [1.29, 1.82) is 0 Å². The third-order valence-electron chi connectivity index (χ3n) is 4.59. The number of benzene rings is 2. The van der Waals surface area contributed by atoms with Crippen molar-refractivity contribution < 1.29 is 14.7 Å². The van der Waals surface area contributed by atoms with E-state index in [2.05, 4.69) is 33.1 Å². The Kier molecular flexibility index (Phi) is 5.61. The van der Waals surface area contributed by atoms with Gasteiger partial charge >= 0.3 is 5.97 Å². The van der Waals surface area contributed by atoms with Gasteiger partial charge in [-0.3, -0.25) is 4.79 Å². The summed E-state index contributed by atoms with van der Waals surface area (Å²) in [6, 6.07) is 12.1. The second-order valence-electron chi connectivity index (χ2n) is 6.69. The molecule has 1 saturated heterocycles. The summed E-state index contributed by atoms with van der Waals surface area (Å²) < 4.78 is 0.891. The van der Waals surface area contributed by atoms with Gasteiger partial charge in [-0.1, -0.05) is 22.9 Å². The highest BCUT2D eigenvalue weighted by molar-refractivity contribution is 9.10. The number of carbonyl (C=O) groups is 2. The van der Waals surface area contributed by atoms with E-state index in [0.717, 1.165) is 24.0 Å². The Morgan fingerprint density at radius 1 is 1.19 bits per heavy atom. The zero-order valence-corrected chi connectivity index (χ0v) is 16.1. The van der Waals surface area contributed by atoms with Crippen LogP contribution in [0.25, 0.3) is 0 Å². The molecule has 1 atom stereocenters. The second-order valence-corrected chi connectivity index (χ2v) is 7.61. The van der Waals surface area contributed by atoms with Crippen LogP contribution in [0.5, 0.6) is 0 Å². The molecule has 26 heavy (non-hydrogen) atoms. The van der Waals surface area contributed by atoms with Crippen molar-refractivity contribution in [3.8, 4) is 0 Å². The first-order valence-corrected chi connectivity index (χ1v) is 9.42. The lowest BCUT2D eigenvalue weighted by Gasteiger charge is -2.33. The molecule has 0 bridgehead atoms. The molecule has 0 aromatic heterocycles. The molecule has 6 heteroatoms. The summed E-state index contributed by atoms with van der Waals surface area (Å²) in [5.41, 5.74) is 1.92. The first-order valence-electron chi connectivity index (χ1n) is 8.63. The molecule has 0 radical (unpaired) electrons. The molecule has 0 saturated carbocycles. The fourth-order valence-electron chi connectivity index (χ4n) is 3.27. The molecule has 5 nitrogen and oxygen atoms in total. The summed E-state index contributed by atoms with van der Waals surface area (Å²) in [4.78, 5) is 26.2. The number of carbonyl (C=O) groups excluding carboxylic acids is 1. The number of aromatic carboxylic acids is 1. The summed E-state index contributed by atoms with van der Waals surface area (Å²) in [6.07, 6.45) is 2.22. The molecule has 1 fully saturated rings. The van der Waals surface area contributed by atoms with Crippen LogP contribution in [0.4, 0.5) is 11.4 Å². The lowest BCUT2D eigenvalue weighted by Crippen LogP contribution is -2.35. The number of halogens is 1. The predicted molar refractivity (Wildman–Crippen MR) is 106 cm³/mol. The van der Waals surface area contributed by atoms with Crippen molar-refractivity contribution in [3.05, 3.63) is 58.1 Å². The van der Waals surface area contributed by atoms with E-state index in [1.165, 1.54) is 12.5 Å². The van der Waals surface area contributed by atoms with Crippen LogP contribution in [0.1, 0.15) is 40.5 Å². The maximum absolute atomic E-state index is 12.4. The van der Waals surface area contributed by atoms with E-state index in [1.54, 1.807) is 36.4 Å². The highest BCUT2D eigenvalue weighted by Gasteiger charge is 2.22. The maximum Gasteiger partial charge on any atom is 0.337 e. The number of nitrogens with zero attached hydrogens (tertiary/aromatic N) is 1. The smallest absolute Gasteiger partial charge is 0.337 e. The zero-order chi connectivity index (χ0) is 18.7. The van der Waals surface area contributed by atoms with Crippen molar-refractivity contribution in [2.24, 2.45) is 5.92 Å². The number of rotatable bonds is 4. The molecule has 1 heterocycles. The van der Waals surface area contributed by atoms with Crippen LogP contribution in [0, 0.1) is 5.92 Å². The monoisotopic (exact) mass is 416 g/mol. The maximum atomic E-state index is 12.4. The minimum absolute atomic E-state index is 0.215. The Balaban J connectivity index is 1.83. The molecule has 136 valence electrons. The number of piperidine rings is 1. The van der Waals surface area contributed by atoms with Gasteiger partial charge in [0.2, 0.25) is 0 Å². The van der Waals surface area contributed by atoms with Crippen molar-refractivity contribution in [2.45, 2.75) is 19.8 Å². The number of hydrogen-bond acceptors (Lipinski definition) is 3. The van der Waals surface area contributed by atoms with Gasteiger partial charge in [-0.05, 0) is 61.2 Å². The van der Waals surface area contributed by atoms with E-state index in [4.69, 9.17) is 0 Å². The Labute approximate surface area is 161 Å². The van der Waals surface area contributed by atoms with Gasteiger partial charge in [0.15, 0.2) is 0 Å². The molecule has 2 N–H and O–H groups in total. The molecule has 0 aliphatic carbocycles.